The van der Waals surface area contributed by atoms with Gasteiger partial charge in [-0.3, -0.25) is 0 Å². The van der Waals surface area contributed by atoms with Crippen molar-refractivity contribution in [3.05, 3.63) is 36.7 Å². The van der Waals surface area contributed by atoms with Crippen LogP contribution in [0.25, 0.3) is 5.69 Å². The number of hydrogen-bond donors (Lipinski definition) is 1. The van der Waals surface area contributed by atoms with Gasteiger partial charge in [0, 0.05) is 0 Å². The average molecular weight is 249 g/mol. The maximum Gasteiger partial charge on any atom is 0.335 e. The monoisotopic (exact) mass is 249 g/mol. The smallest absolute Gasteiger partial charge is 0.335 e. The minimum absolute atomic E-state index is 0.391. The van der Waals surface area contributed by atoms with Crippen molar-refractivity contribution in [1.82, 2.24) is 14.8 Å². The number of ether oxygens (including phenoxy) is 1. The van der Waals surface area contributed by atoms with Gasteiger partial charge >= 0.3 is 6.01 Å². The predicted molar refractivity (Wildman–Crippen MR) is 69.9 cm³/mol. The highest BCUT2D eigenvalue weighted by Gasteiger charge is 2.05. The number of hydrogen-bond acceptors (Lipinski definition) is 4. The van der Waals surface area contributed by atoms with Crippen LogP contribution in [0.5, 0.6) is 6.01 Å². The first-order valence-electron chi connectivity index (χ1n) is 5.50. The van der Waals surface area contributed by atoms with Gasteiger partial charge < -0.3 is 4.74 Å². The third-order valence-electron chi connectivity index (χ3n) is 2.30. The maximum absolute atomic E-state index is 5.47. The molecule has 1 unspecified atom stereocenters. The standard InChI is InChI=1S/C12H15N3OS/c1-10(8-17)7-16-12-13-9-15(14-12)11-5-3-2-4-6-11/h2-6,9-10,17H,7-8H2,1H3. The molecule has 90 valence electrons. The number of thiol groups is 1. The number of aromatic nitrogens is 3. The lowest BCUT2D eigenvalue weighted by Gasteiger charge is -2.06. The molecule has 0 saturated heterocycles. The SMILES string of the molecule is CC(CS)COc1ncn(-c2ccccc2)n1. The zero-order chi connectivity index (χ0) is 12.1. The van der Waals surface area contributed by atoms with Crippen molar-refractivity contribution in [3.63, 3.8) is 0 Å². The second kappa shape index (κ2) is 5.72. The van der Waals surface area contributed by atoms with E-state index in [9.17, 15) is 0 Å². The van der Waals surface area contributed by atoms with E-state index in [2.05, 4.69) is 29.6 Å². The van der Waals surface area contributed by atoms with Crippen LogP contribution in [0, 0.1) is 5.92 Å². The molecule has 0 bridgehead atoms. The lowest BCUT2D eigenvalue weighted by Crippen LogP contribution is -2.10. The van der Waals surface area contributed by atoms with Gasteiger partial charge in [0.1, 0.15) is 6.33 Å². The van der Waals surface area contributed by atoms with E-state index in [1.54, 1.807) is 11.0 Å². The molecule has 0 aliphatic heterocycles. The number of rotatable bonds is 5. The van der Waals surface area contributed by atoms with Gasteiger partial charge in [-0.05, 0) is 23.8 Å². The molecule has 0 spiro atoms. The van der Waals surface area contributed by atoms with Gasteiger partial charge in [-0.15, -0.1) is 5.10 Å². The molecule has 17 heavy (non-hydrogen) atoms. The fourth-order valence-corrected chi connectivity index (χ4v) is 1.39. The Morgan fingerprint density at radius 1 is 1.35 bits per heavy atom. The minimum atomic E-state index is 0.391. The van der Waals surface area contributed by atoms with Gasteiger partial charge in [-0.2, -0.15) is 17.6 Å². The van der Waals surface area contributed by atoms with E-state index in [0.717, 1.165) is 11.4 Å². The summed E-state index contributed by atoms with van der Waals surface area (Å²) in [5.74, 6) is 1.18. The Bertz CT molecular complexity index is 458. The fourth-order valence-electron chi connectivity index (χ4n) is 1.29. The molecule has 0 radical (unpaired) electrons. The summed E-state index contributed by atoms with van der Waals surface area (Å²) in [6.07, 6.45) is 1.65. The van der Waals surface area contributed by atoms with Gasteiger partial charge in [0.15, 0.2) is 0 Å². The summed E-state index contributed by atoms with van der Waals surface area (Å²) in [5.41, 5.74) is 0.970. The Morgan fingerprint density at radius 3 is 2.82 bits per heavy atom. The van der Waals surface area contributed by atoms with Crippen molar-refractivity contribution in [2.24, 2.45) is 5.92 Å². The summed E-state index contributed by atoms with van der Waals surface area (Å²) in [6.45, 7) is 2.66. The Morgan fingerprint density at radius 2 is 2.12 bits per heavy atom. The average Bonchev–Trinajstić information content (AvgIpc) is 2.86. The number of nitrogens with zero attached hydrogens (tertiary/aromatic N) is 3. The molecule has 1 aromatic heterocycles. The van der Waals surface area contributed by atoms with E-state index in [1.807, 2.05) is 30.3 Å². The lowest BCUT2D eigenvalue weighted by atomic mass is 10.2. The molecule has 0 saturated carbocycles. The predicted octanol–water partition coefficient (Wildman–Crippen LogP) is 2.21. The summed E-state index contributed by atoms with van der Waals surface area (Å²) >= 11 is 4.20. The lowest BCUT2D eigenvalue weighted by molar-refractivity contribution is 0.253. The normalized spacial score (nSPS) is 12.4. The maximum atomic E-state index is 5.47. The third-order valence-corrected chi connectivity index (χ3v) is 2.92. The molecule has 2 rings (SSSR count). The van der Waals surface area contributed by atoms with Crippen LogP contribution in [0.2, 0.25) is 0 Å². The van der Waals surface area contributed by atoms with Gasteiger partial charge in [0.2, 0.25) is 0 Å². The molecular weight excluding hydrogens is 234 g/mol. The molecule has 0 amide bonds. The van der Waals surface area contributed by atoms with Crippen LogP contribution in [-0.4, -0.2) is 27.1 Å². The van der Waals surface area contributed by atoms with Crippen LogP contribution < -0.4 is 4.74 Å². The highest BCUT2D eigenvalue weighted by molar-refractivity contribution is 7.80. The molecule has 1 aromatic carbocycles. The first kappa shape index (κ1) is 12.0. The first-order chi connectivity index (χ1) is 8.29. The van der Waals surface area contributed by atoms with E-state index in [4.69, 9.17) is 4.74 Å². The summed E-state index contributed by atoms with van der Waals surface area (Å²) < 4.78 is 7.16. The van der Waals surface area contributed by atoms with Crippen molar-refractivity contribution in [2.45, 2.75) is 6.92 Å². The molecule has 0 aliphatic carbocycles. The topological polar surface area (TPSA) is 39.9 Å². The largest absolute Gasteiger partial charge is 0.462 e. The van der Waals surface area contributed by atoms with Crippen molar-refractivity contribution < 1.29 is 4.74 Å². The Labute approximate surface area is 106 Å². The van der Waals surface area contributed by atoms with Gasteiger partial charge in [0.25, 0.3) is 0 Å². The van der Waals surface area contributed by atoms with Crippen LogP contribution in [-0.2, 0) is 0 Å². The van der Waals surface area contributed by atoms with Crippen molar-refractivity contribution in [1.29, 1.82) is 0 Å². The number of benzene rings is 1. The van der Waals surface area contributed by atoms with E-state index in [1.165, 1.54) is 0 Å². The van der Waals surface area contributed by atoms with E-state index < -0.39 is 0 Å². The summed E-state index contributed by atoms with van der Waals surface area (Å²) in [6, 6.07) is 10.2. The molecule has 1 heterocycles. The van der Waals surface area contributed by atoms with Crippen LogP contribution in [0.1, 0.15) is 6.92 Å². The molecule has 5 heteroatoms. The van der Waals surface area contributed by atoms with Crippen molar-refractivity contribution in [2.75, 3.05) is 12.4 Å². The van der Waals surface area contributed by atoms with Crippen LogP contribution in [0.15, 0.2) is 36.7 Å². The molecule has 0 fully saturated rings. The van der Waals surface area contributed by atoms with Gasteiger partial charge in [-0.1, -0.05) is 25.1 Å². The summed E-state index contributed by atoms with van der Waals surface area (Å²) in [4.78, 5) is 4.10. The van der Waals surface area contributed by atoms with Crippen molar-refractivity contribution in [3.8, 4) is 11.7 Å². The summed E-state index contributed by atoms with van der Waals surface area (Å²) in [7, 11) is 0. The molecule has 0 aliphatic rings. The highest BCUT2D eigenvalue weighted by atomic mass is 32.1. The fraction of sp³-hybridized carbons (Fsp3) is 0.333. The van der Waals surface area contributed by atoms with E-state index >= 15 is 0 Å². The van der Waals surface area contributed by atoms with E-state index in [-0.39, 0.29) is 0 Å². The second-order valence-corrected chi connectivity index (χ2v) is 4.27. The van der Waals surface area contributed by atoms with Gasteiger partial charge in [0.05, 0.1) is 12.3 Å². The molecule has 2 aromatic rings. The molecule has 0 N–H and O–H groups in total. The van der Waals surface area contributed by atoms with Crippen LogP contribution in [0.4, 0.5) is 0 Å². The summed E-state index contributed by atoms with van der Waals surface area (Å²) in [5, 5.41) is 4.25. The zero-order valence-corrected chi connectivity index (χ0v) is 10.5. The van der Waals surface area contributed by atoms with Crippen molar-refractivity contribution >= 4 is 12.6 Å². The second-order valence-electron chi connectivity index (χ2n) is 3.91. The minimum Gasteiger partial charge on any atom is -0.462 e. The Balaban J connectivity index is 2.01. The first-order valence-corrected chi connectivity index (χ1v) is 6.13. The van der Waals surface area contributed by atoms with E-state index in [0.29, 0.717) is 18.5 Å². The van der Waals surface area contributed by atoms with Crippen LogP contribution >= 0.6 is 12.6 Å². The Kier molecular flexibility index (Phi) is 4.03. The highest BCUT2D eigenvalue weighted by Crippen LogP contribution is 2.09. The third kappa shape index (κ3) is 3.23. The molecule has 4 nitrogen and oxygen atoms in total. The molecular formula is C12H15N3OS. The number of para-hydroxylation sites is 1. The van der Waals surface area contributed by atoms with Gasteiger partial charge in [-0.25, -0.2) is 4.68 Å². The molecule has 1 atom stereocenters. The quantitative estimate of drug-likeness (QED) is 0.826. The zero-order valence-electron chi connectivity index (χ0n) is 9.65. The van der Waals surface area contributed by atoms with Crippen LogP contribution in [0.3, 0.4) is 0 Å². The Hall–Kier alpha value is -1.49.